The van der Waals surface area contributed by atoms with E-state index in [1.54, 1.807) is 0 Å². The highest BCUT2D eigenvalue weighted by atomic mass is 32.1. The first-order valence-corrected chi connectivity index (χ1v) is 17.5. The van der Waals surface area contributed by atoms with Gasteiger partial charge >= 0.3 is 0 Å². The van der Waals surface area contributed by atoms with E-state index in [9.17, 15) is 0 Å². The van der Waals surface area contributed by atoms with Gasteiger partial charge in [-0.2, -0.15) is 0 Å². The van der Waals surface area contributed by atoms with E-state index in [0.717, 1.165) is 44.3 Å². The summed E-state index contributed by atoms with van der Waals surface area (Å²) in [6.07, 6.45) is 0. The normalized spacial score (nSPS) is 12.1. The monoisotopic (exact) mass is 638 g/mol. The molecule has 0 saturated carbocycles. The van der Waals surface area contributed by atoms with E-state index in [1.807, 2.05) is 11.3 Å². The summed E-state index contributed by atoms with van der Waals surface area (Å²) in [6, 6.07) is 57.1. The molecule has 1 aliphatic rings. The molecule has 0 bridgehead atoms. The molecule has 0 N–H and O–H groups in total. The fraction of sp³-hybridized carbons (Fsp3) is 0. The molecule has 0 spiro atoms. The zero-order valence-corrected chi connectivity index (χ0v) is 27.1. The van der Waals surface area contributed by atoms with Crippen molar-refractivity contribution in [1.29, 1.82) is 0 Å². The van der Waals surface area contributed by atoms with Crippen LogP contribution in [0.1, 0.15) is 0 Å². The van der Waals surface area contributed by atoms with Crippen molar-refractivity contribution in [3.63, 3.8) is 0 Å². The quantitative estimate of drug-likeness (QED) is 0.180. The van der Waals surface area contributed by atoms with Gasteiger partial charge in [-0.05, 0) is 74.5 Å². The van der Waals surface area contributed by atoms with Crippen LogP contribution in [0.2, 0.25) is 0 Å². The summed E-state index contributed by atoms with van der Waals surface area (Å²) in [6.45, 7) is 0. The summed E-state index contributed by atoms with van der Waals surface area (Å²) in [5, 5.41) is 7.37. The summed E-state index contributed by atoms with van der Waals surface area (Å²) in [5.74, 6) is 0. The molecule has 0 fully saturated rings. The van der Waals surface area contributed by atoms with Crippen molar-refractivity contribution in [2.45, 2.75) is 0 Å². The molecular formula is C46H26N2S. The van der Waals surface area contributed by atoms with Gasteiger partial charge in [0.2, 0.25) is 0 Å². The van der Waals surface area contributed by atoms with Crippen LogP contribution in [-0.2, 0) is 0 Å². The van der Waals surface area contributed by atoms with Gasteiger partial charge < -0.3 is 0 Å². The summed E-state index contributed by atoms with van der Waals surface area (Å²) in [4.78, 5) is 10.6. The fourth-order valence-electron chi connectivity index (χ4n) is 7.85. The number of hydrogen-bond acceptors (Lipinski definition) is 3. The Labute approximate surface area is 286 Å². The molecule has 11 rings (SSSR count). The Morgan fingerprint density at radius 1 is 0.347 bits per heavy atom. The van der Waals surface area contributed by atoms with Crippen molar-refractivity contribution in [2.24, 2.45) is 0 Å². The minimum Gasteiger partial charge on any atom is -0.245 e. The number of nitrogens with zero attached hydrogens (tertiary/aromatic N) is 2. The lowest BCUT2D eigenvalue weighted by Crippen LogP contribution is -1.92. The van der Waals surface area contributed by atoms with Crippen LogP contribution in [0.5, 0.6) is 0 Å². The van der Waals surface area contributed by atoms with E-state index in [4.69, 9.17) is 9.97 Å². The van der Waals surface area contributed by atoms with Crippen molar-refractivity contribution in [2.75, 3.05) is 0 Å². The van der Waals surface area contributed by atoms with Crippen LogP contribution in [0.25, 0.3) is 109 Å². The molecule has 3 heterocycles. The highest BCUT2D eigenvalue weighted by Gasteiger charge is 2.22. The van der Waals surface area contributed by atoms with Crippen molar-refractivity contribution >= 4 is 64.1 Å². The molecule has 2 nitrogen and oxygen atoms in total. The number of hydrogen-bond donors (Lipinski definition) is 0. The molecule has 0 amide bonds. The van der Waals surface area contributed by atoms with E-state index in [2.05, 4.69) is 158 Å². The summed E-state index contributed by atoms with van der Waals surface area (Å²) >= 11 is 1.85. The summed E-state index contributed by atoms with van der Waals surface area (Å²) in [7, 11) is 0. The first-order chi connectivity index (χ1) is 24.3. The smallest absolute Gasteiger partial charge is 0.0972 e. The van der Waals surface area contributed by atoms with Crippen molar-refractivity contribution < 1.29 is 0 Å². The summed E-state index contributed by atoms with van der Waals surface area (Å²) in [5.41, 5.74) is 13.6. The fourth-order valence-corrected chi connectivity index (χ4v) is 8.94. The van der Waals surface area contributed by atoms with Crippen molar-refractivity contribution in [3.05, 3.63) is 158 Å². The van der Waals surface area contributed by atoms with Crippen LogP contribution < -0.4 is 0 Å². The molecule has 0 atom stereocenters. The average Bonchev–Trinajstić information content (AvgIpc) is 3.71. The van der Waals surface area contributed by atoms with E-state index < -0.39 is 0 Å². The molecule has 0 unspecified atom stereocenters. The summed E-state index contributed by atoms with van der Waals surface area (Å²) < 4.78 is 2.66. The van der Waals surface area contributed by atoms with Gasteiger partial charge in [-0.15, -0.1) is 11.3 Å². The van der Waals surface area contributed by atoms with Gasteiger partial charge in [-0.1, -0.05) is 127 Å². The molecule has 49 heavy (non-hydrogen) atoms. The van der Waals surface area contributed by atoms with Crippen molar-refractivity contribution in [1.82, 2.24) is 9.97 Å². The number of aromatic nitrogens is 2. The molecule has 1 aliphatic carbocycles. The van der Waals surface area contributed by atoms with E-state index in [1.165, 1.54) is 64.3 Å². The predicted molar refractivity (Wildman–Crippen MR) is 208 cm³/mol. The predicted octanol–water partition coefficient (Wildman–Crippen LogP) is 13.0. The SMILES string of the molecule is c1ccc2c(c1)-c1cccc3c(-c4ccc5ccc6ccc(-c7ccc(-c8ccc9sc%10ccccc%10c9c8)cc7)nc6c5n4)ccc-2c13. The average molecular weight is 639 g/mol. The number of thiophene rings is 1. The highest BCUT2D eigenvalue weighted by Crippen LogP contribution is 2.49. The van der Waals surface area contributed by atoms with Gasteiger partial charge in [0.25, 0.3) is 0 Å². The second kappa shape index (κ2) is 10.2. The van der Waals surface area contributed by atoms with Crippen LogP contribution in [0.4, 0.5) is 0 Å². The molecule has 0 radical (unpaired) electrons. The second-order valence-electron chi connectivity index (χ2n) is 12.9. The number of pyridine rings is 2. The van der Waals surface area contributed by atoms with Crippen LogP contribution in [0.15, 0.2) is 158 Å². The highest BCUT2D eigenvalue weighted by molar-refractivity contribution is 7.25. The van der Waals surface area contributed by atoms with Crippen LogP contribution in [-0.4, -0.2) is 9.97 Å². The van der Waals surface area contributed by atoms with Crippen LogP contribution in [0, 0.1) is 0 Å². The van der Waals surface area contributed by atoms with E-state index >= 15 is 0 Å². The number of fused-ring (bicyclic) bond motifs is 9. The van der Waals surface area contributed by atoms with Crippen LogP contribution in [0.3, 0.4) is 0 Å². The zero-order valence-electron chi connectivity index (χ0n) is 26.3. The molecule has 10 aromatic rings. The topological polar surface area (TPSA) is 25.8 Å². The van der Waals surface area contributed by atoms with Crippen LogP contribution >= 0.6 is 11.3 Å². The van der Waals surface area contributed by atoms with E-state index in [-0.39, 0.29) is 0 Å². The Hall–Kier alpha value is -6.16. The Morgan fingerprint density at radius 3 is 1.73 bits per heavy atom. The molecule has 0 aliphatic heterocycles. The van der Waals surface area contributed by atoms with Gasteiger partial charge in [0, 0.05) is 42.1 Å². The van der Waals surface area contributed by atoms with Gasteiger partial charge in [0.1, 0.15) is 0 Å². The molecule has 0 saturated heterocycles. The van der Waals surface area contributed by atoms with Gasteiger partial charge in [-0.25, -0.2) is 9.97 Å². The lowest BCUT2D eigenvalue weighted by Gasteiger charge is -2.11. The molecule has 226 valence electrons. The second-order valence-corrected chi connectivity index (χ2v) is 14.0. The maximum atomic E-state index is 5.32. The number of benzene rings is 7. The van der Waals surface area contributed by atoms with Gasteiger partial charge in [0.15, 0.2) is 0 Å². The maximum Gasteiger partial charge on any atom is 0.0972 e. The minimum absolute atomic E-state index is 0.925. The largest absolute Gasteiger partial charge is 0.245 e. The zero-order chi connectivity index (χ0) is 32.1. The Bertz CT molecular complexity index is 2960. The number of rotatable bonds is 3. The third-order valence-corrected chi connectivity index (χ3v) is 11.4. The lowest BCUT2D eigenvalue weighted by molar-refractivity contribution is 1.37. The molecule has 7 aromatic carbocycles. The minimum atomic E-state index is 0.925. The maximum absolute atomic E-state index is 5.32. The Kier molecular flexibility index (Phi) is 5.57. The first kappa shape index (κ1) is 26.9. The van der Waals surface area contributed by atoms with E-state index in [0.29, 0.717) is 0 Å². The lowest BCUT2D eigenvalue weighted by atomic mass is 9.96. The Morgan fingerprint density at radius 2 is 0.918 bits per heavy atom. The third kappa shape index (κ3) is 4.00. The molecule has 3 aromatic heterocycles. The molecule has 3 heteroatoms. The standard InChI is InChI=1S/C46H26N2S/c1-2-7-33-32(6-1)36-9-5-10-37-34(21-22-38(33)44(36)37)41-24-19-30-17-16-29-18-23-40(47-45(29)46(30)48-41)28-14-12-27(13-15-28)31-20-25-43-39(26-31)35-8-3-4-11-42(35)49-43/h1-26H. The first-order valence-electron chi connectivity index (χ1n) is 16.7. The third-order valence-electron chi connectivity index (χ3n) is 10.2. The van der Waals surface area contributed by atoms with Gasteiger partial charge in [0.05, 0.1) is 22.4 Å². The van der Waals surface area contributed by atoms with Crippen molar-refractivity contribution in [3.8, 4) is 55.9 Å². The molecular weight excluding hydrogens is 613 g/mol. The Balaban J connectivity index is 1.00. The van der Waals surface area contributed by atoms with Gasteiger partial charge in [-0.3, -0.25) is 0 Å².